The topological polar surface area (TPSA) is 39.9 Å². The summed E-state index contributed by atoms with van der Waals surface area (Å²) in [7, 11) is 0. The number of hydrogen-bond donors (Lipinski definition) is 0. The molecule has 0 N–H and O–H groups in total. The number of imidazole rings is 1. The van der Waals surface area contributed by atoms with Crippen LogP contribution in [0.1, 0.15) is 22.9 Å². The summed E-state index contributed by atoms with van der Waals surface area (Å²) in [6, 6.07) is 24.6. The Morgan fingerprint density at radius 1 is 0.871 bits per heavy atom. The zero-order chi connectivity index (χ0) is 21.0. The summed E-state index contributed by atoms with van der Waals surface area (Å²) < 4.78 is 21.7. The van der Waals surface area contributed by atoms with Crippen molar-refractivity contribution in [3.05, 3.63) is 126 Å². The van der Waals surface area contributed by atoms with E-state index in [2.05, 4.69) is 17.1 Å². The van der Waals surface area contributed by atoms with Crippen LogP contribution in [0.25, 0.3) is 10.8 Å². The van der Waals surface area contributed by atoms with Crippen LogP contribution in [0.15, 0.2) is 104 Å². The summed E-state index contributed by atoms with van der Waals surface area (Å²) in [5.41, 5.74) is 2.54. The van der Waals surface area contributed by atoms with Crippen LogP contribution in [0.2, 0.25) is 0 Å². The molecule has 4 nitrogen and oxygen atoms in total. The van der Waals surface area contributed by atoms with Crippen molar-refractivity contribution in [1.82, 2.24) is 14.5 Å². The molecule has 0 radical (unpaired) electrons. The highest BCUT2D eigenvalue weighted by molar-refractivity contribution is 5.85. The van der Waals surface area contributed by atoms with Gasteiger partial charge in [0.05, 0.1) is 12.0 Å². The maximum atomic E-state index is 13.8. The lowest BCUT2D eigenvalue weighted by Gasteiger charge is -2.20. The molecule has 1 atom stereocenters. The summed E-state index contributed by atoms with van der Waals surface area (Å²) in [6.45, 7) is 0.182. The third kappa shape index (κ3) is 3.90. The lowest BCUT2D eigenvalue weighted by Crippen LogP contribution is -2.13. The molecule has 3 aromatic carbocycles. The smallest absolute Gasteiger partial charge is 0.129 e. The van der Waals surface area contributed by atoms with Crippen molar-refractivity contribution in [2.24, 2.45) is 0 Å². The number of halogens is 1. The number of ether oxygens (including phenoxy) is 1. The van der Waals surface area contributed by atoms with Crippen LogP contribution in [0, 0.1) is 5.82 Å². The second kappa shape index (κ2) is 8.40. The van der Waals surface area contributed by atoms with Crippen molar-refractivity contribution in [3.63, 3.8) is 0 Å². The van der Waals surface area contributed by atoms with Gasteiger partial charge < -0.3 is 9.30 Å². The average molecular weight is 409 g/mol. The summed E-state index contributed by atoms with van der Waals surface area (Å²) in [6.07, 6.45) is 7.35. The third-order valence-corrected chi connectivity index (χ3v) is 5.33. The highest BCUT2D eigenvalue weighted by atomic mass is 19.1. The molecule has 0 saturated heterocycles. The van der Waals surface area contributed by atoms with Gasteiger partial charge in [0.15, 0.2) is 0 Å². The summed E-state index contributed by atoms with van der Waals surface area (Å²) in [4.78, 5) is 8.96. The van der Waals surface area contributed by atoms with E-state index in [-0.39, 0.29) is 18.5 Å². The van der Waals surface area contributed by atoms with Gasteiger partial charge in [-0.05, 0) is 35.2 Å². The molecule has 0 saturated carbocycles. The van der Waals surface area contributed by atoms with Gasteiger partial charge in [-0.3, -0.25) is 4.98 Å². The average Bonchev–Trinajstić information content (AvgIpc) is 3.34. The van der Waals surface area contributed by atoms with E-state index < -0.39 is 0 Å². The maximum absolute atomic E-state index is 13.8. The number of benzene rings is 3. The Morgan fingerprint density at radius 3 is 2.48 bits per heavy atom. The van der Waals surface area contributed by atoms with E-state index >= 15 is 0 Å². The van der Waals surface area contributed by atoms with Gasteiger partial charge in [-0.25, -0.2) is 9.37 Å². The summed E-state index contributed by atoms with van der Waals surface area (Å²) in [5.74, 6) is 0.420. The summed E-state index contributed by atoms with van der Waals surface area (Å²) in [5, 5.41) is 2.24. The predicted molar refractivity (Wildman–Crippen MR) is 118 cm³/mol. The minimum atomic E-state index is -0.263. The molecule has 152 valence electrons. The van der Waals surface area contributed by atoms with E-state index in [1.165, 1.54) is 6.07 Å². The standard InChI is InChI=1S/C26H20FN3O/c27-24-8-4-2-6-21(24)17-31-22-11-9-20(10-12-22)26(30-16-15-28-18-30)25-23-7-3-1-5-19(23)13-14-29-25/h1-16,18,26H,17H2. The number of pyridine rings is 1. The van der Waals surface area contributed by atoms with Gasteiger partial charge in [0.25, 0.3) is 0 Å². The van der Waals surface area contributed by atoms with Gasteiger partial charge in [-0.15, -0.1) is 0 Å². The van der Waals surface area contributed by atoms with Crippen LogP contribution >= 0.6 is 0 Å². The van der Waals surface area contributed by atoms with Crippen molar-refractivity contribution in [1.29, 1.82) is 0 Å². The van der Waals surface area contributed by atoms with Crippen molar-refractivity contribution < 1.29 is 9.13 Å². The predicted octanol–water partition coefficient (Wildman–Crippen LogP) is 5.79. The molecule has 2 heterocycles. The van der Waals surface area contributed by atoms with Crippen LogP contribution in [0.3, 0.4) is 0 Å². The van der Waals surface area contributed by atoms with Crippen LogP contribution in [-0.4, -0.2) is 14.5 Å². The zero-order valence-corrected chi connectivity index (χ0v) is 16.7. The molecular weight excluding hydrogens is 389 g/mol. The van der Waals surface area contributed by atoms with E-state index in [4.69, 9.17) is 9.72 Å². The van der Waals surface area contributed by atoms with Crippen molar-refractivity contribution >= 4 is 10.8 Å². The van der Waals surface area contributed by atoms with E-state index in [0.29, 0.717) is 11.3 Å². The molecule has 0 aliphatic carbocycles. The Hall–Kier alpha value is -3.99. The minimum absolute atomic E-state index is 0.130. The molecule has 1 unspecified atom stereocenters. The van der Waals surface area contributed by atoms with Crippen LogP contribution in [0.5, 0.6) is 5.75 Å². The molecule has 0 bridgehead atoms. The monoisotopic (exact) mass is 409 g/mol. The molecule has 2 aromatic heterocycles. The molecule has 5 heteroatoms. The molecule has 0 amide bonds. The largest absolute Gasteiger partial charge is 0.489 e. The Balaban J connectivity index is 1.47. The molecule has 5 aromatic rings. The fourth-order valence-electron chi connectivity index (χ4n) is 3.78. The normalized spacial score (nSPS) is 12.0. The number of fused-ring (bicyclic) bond motifs is 1. The van der Waals surface area contributed by atoms with E-state index in [1.807, 2.05) is 59.4 Å². The Bertz CT molecular complexity index is 1290. The molecule has 0 fully saturated rings. The first-order chi connectivity index (χ1) is 15.3. The van der Waals surface area contributed by atoms with Crippen molar-refractivity contribution in [2.75, 3.05) is 0 Å². The van der Waals surface area contributed by atoms with Gasteiger partial charge in [0.1, 0.15) is 24.2 Å². The van der Waals surface area contributed by atoms with E-state index in [9.17, 15) is 4.39 Å². The van der Waals surface area contributed by atoms with Gasteiger partial charge >= 0.3 is 0 Å². The second-order valence-corrected chi connectivity index (χ2v) is 7.28. The molecule has 31 heavy (non-hydrogen) atoms. The SMILES string of the molecule is Fc1ccccc1COc1ccc(C(c2nccc3ccccc23)n2ccnc2)cc1. The number of aromatic nitrogens is 3. The quantitative estimate of drug-likeness (QED) is 0.357. The van der Waals surface area contributed by atoms with Gasteiger partial charge in [0, 0.05) is 29.5 Å². The first kappa shape index (κ1) is 19.0. The van der Waals surface area contributed by atoms with E-state index in [0.717, 1.165) is 22.0 Å². The highest BCUT2D eigenvalue weighted by Gasteiger charge is 2.20. The van der Waals surface area contributed by atoms with Crippen LogP contribution in [0.4, 0.5) is 4.39 Å². The first-order valence-corrected chi connectivity index (χ1v) is 10.1. The fraction of sp³-hybridized carbons (Fsp3) is 0.0769. The molecule has 0 spiro atoms. The third-order valence-electron chi connectivity index (χ3n) is 5.33. The lowest BCUT2D eigenvalue weighted by molar-refractivity contribution is 0.299. The Kier molecular flexibility index (Phi) is 5.15. The van der Waals surface area contributed by atoms with Crippen LogP contribution < -0.4 is 4.74 Å². The molecule has 0 aliphatic rings. The molecular formula is C26H20FN3O. The zero-order valence-electron chi connectivity index (χ0n) is 16.7. The number of nitrogens with zero attached hydrogens (tertiary/aromatic N) is 3. The maximum Gasteiger partial charge on any atom is 0.129 e. The Morgan fingerprint density at radius 2 is 1.68 bits per heavy atom. The second-order valence-electron chi connectivity index (χ2n) is 7.28. The number of rotatable bonds is 6. The van der Waals surface area contributed by atoms with Crippen LogP contribution in [-0.2, 0) is 6.61 Å². The molecule has 5 rings (SSSR count). The highest BCUT2D eigenvalue weighted by Crippen LogP contribution is 2.31. The van der Waals surface area contributed by atoms with Crippen molar-refractivity contribution in [3.8, 4) is 5.75 Å². The lowest BCUT2D eigenvalue weighted by atomic mass is 9.98. The first-order valence-electron chi connectivity index (χ1n) is 10.1. The Labute approximate surface area is 179 Å². The van der Waals surface area contributed by atoms with Gasteiger partial charge in [-0.1, -0.05) is 54.6 Å². The molecule has 0 aliphatic heterocycles. The van der Waals surface area contributed by atoms with Gasteiger partial charge in [0.2, 0.25) is 0 Å². The fourth-order valence-corrected chi connectivity index (χ4v) is 3.78. The number of hydrogen-bond acceptors (Lipinski definition) is 3. The van der Waals surface area contributed by atoms with Gasteiger partial charge in [-0.2, -0.15) is 0 Å². The minimum Gasteiger partial charge on any atom is -0.489 e. The van der Waals surface area contributed by atoms with Crippen molar-refractivity contribution in [2.45, 2.75) is 12.6 Å². The van der Waals surface area contributed by atoms with E-state index in [1.54, 1.807) is 30.7 Å². The summed E-state index contributed by atoms with van der Waals surface area (Å²) >= 11 is 0.